The van der Waals surface area contributed by atoms with Crippen molar-refractivity contribution in [1.82, 2.24) is 0 Å². The first-order chi connectivity index (χ1) is 7.66. The molecule has 2 atom stereocenters. The Hall–Kier alpha value is -0.860. The SMILES string of the molecule is Cc1ccc(CC2(CN)CCCC2O)cc1. The van der Waals surface area contributed by atoms with Gasteiger partial charge in [-0.2, -0.15) is 0 Å². The van der Waals surface area contributed by atoms with Crippen LogP contribution in [0.4, 0.5) is 0 Å². The highest BCUT2D eigenvalue weighted by Crippen LogP contribution is 2.40. The van der Waals surface area contributed by atoms with Gasteiger partial charge in [0, 0.05) is 12.0 Å². The average Bonchev–Trinajstić information content (AvgIpc) is 2.64. The van der Waals surface area contributed by atoms with Gasteiger partial charge in [-0.15, -0.1) is 0 Å². The van der Waals surface area contributed by atoms with Gasteiger partial charge in [0.1, 0.15) is 0 Å². The number of hydrogen-bond acceptors (Lipinski definition) is 2. The monoisotopic (exact) mass is 219 g/mol. The average molecular weight is 219 g/mol. The van der Waals surface area contributed by atoms with Crippen molar-refractivity contribution in [3.8, 4) is 0 Å². The van der Waals surface area contributed by atoms with Gasteiger partial charge in [0.15, 0.2) is 0 Å². The van der Waals surface area contributed by atoms with Crippen LogP contribution in [0.15, 0.2) is 24.3 Å². The molecule has 2 nitrogen and oxygen atoms in total. The Morgan fingerprint density at radius 3 is 2.56 bits per heavy atom. The standard InChI is InChI=1S/C14H21NO/c1-11-4-6-12(7-5-11)9-14(10-15)8-2-3-13(14)16/h4-7,13,16H,2-3,8-10,15H2,1H3. The van der Waals surface area contributed by atoms with Crippen LogP contribution in [-0.2, 0) is 6.42 Å². The van der Waals surface area contributed by atoms with Crippen LogP contribution < -0.4 is 5.73 Å². The van der Waals surface area contributed by atoms with Crippen LogP contribution in [0.3, 0.4) is 0 Å². The lowest BCUT2D eigenvalue weighted by molar-refractivity contribution is 0.0588. The molecule has 16 heavy (non-hydrogen) atoms. The van der Waals surface area contributed by atoms with Crippen LogP contribution in [0.25, 0.3) is 0 Å². The predicted molar refractivity (Wildman–Crippen MR) is 66.2 cm³/mol. The van der Waals surface area contributed by atoms with E-state index in [2.05, 4.69) is 31.2 Å². The van der Waals surface area contributed by atoms with Crippen molar-refractivity contribution in [3.63, 3.8) is 0 Å². The van der Waals surface area contributed by atoms with E-state index in [-0.39, 0.29) is 11.5 Å². The van der Waals surface area contributed by atoms with E-state index < -0.39 is 0 Å². The van der Waals surface area contributed by atoms with Crippen molar-refractivity contribution >= 4 is 0 Å². The third-order valence-corrected chi connectivity index (χ3v) is 3.94. The van der Waals surface area contributed by atoms with Crippen molar-refractivity contribution < 1.29 is 5.11 Å². The third-order valence-electron chi connectivity index (χ3n) is 3.94. The second kappa shape index (κ2) is 4.56. The molecule has 0 heterocycles. The van der Waals surface area contributed by atoms with Gasteiger partial charge in [0.25, 0.3) is 0 Å². The highest BCUT2D eigenvalue weighted by Gasteiger charge is 2.40. The molecule has 0 amide bonds. The topological polar surface area (TPSA) is 46.2 Å². The summed E-state index contributed by atoms with van der Waals surface area (Å²) in [5.74, 6) is 0. The molecule has 0 spiro atoms. The number of aryl methyl sites for hydroxylation is 1. The molecule has 0 saturated heterocycles. The first-order valence-corrected chi connectivity index (χ1v) is 6.10. The number of aliphatic hydroxyl groups excluding tert-OH is 1. The lowest BCUT2D eigenvalue weighted by Gasteiger charge is -2.31. The molecule has 0 aromatic heterocycles. The number of hydrogen-bond donors (Lipinski definition) is 2. The molecule has 1 aliphatic rings. The molecule has 2 rings (SSSR count). The maximum atomic E-state index is 10.1. The van der Waals surface area contributed by atoms with Crippen molar-refractivity contribution in [2.45, 2.75) is 38.7 Å². The summed E-state index contributed by atoms with van der Waals surface area (Å²) in [6.07, 6.45) is 3.75. The summed E-state index contributed by atoms with van der Waals surface area (Å²) < 4.78 is 0. The minimum atomic E-state index is -0.223. The molecule has 1 aliphatic carbocycles. The van der Waals surface area contributed by atoms with Gasteiger partial charge in [0.05, 0.1) is 6.10 Å². The van der Waals surface area contributed by atoms with Crippen molar-refractivity contribution in [2.75, 3.05) is 6.54 Å². The normalized spacial score (nSPS) is 29.6. The molecule has 88 valence electrons. The van der Waals surface area contributed by atoms with Crippen molar-refractivity contribution in [1.29, 1.82) is 0 Å². The van der Waals surface area contributed by atoms with Crippen molar-refractivity contribution in [2.24, 2.45) is 11.1 Å². The second-order valence-corrected chi connectivity index (χ2v) is 5.14. The van der Waals surface area contributed by atoms with E-state index in [1.807, 2.05) is 0 Å². The zero-order valence-electron chi connectivity index (χ0n) is 9.95. The van der Waals surface area contributed by atoms with Crippen LogP contribution in [0, 0.1) is 12.3 Å². The minimum absolute atomic E-state index is 0.0741. The van der Waals surface area contributed by atoms with Gasteiger partial charge >= 0.3 is 0 Å². The lowest BCUT2D eigenvalue weighted by Crippen LogP contribution is -2.39. The molecule has 3 N–H and O–H groups in total. The van der Waals surface area contributed by atoms with Crippen LogP contribution in [0.5, 0.6) is 0 Å². The molecule has 1 saturated carbocycles. The molecule has 0 aliphatic heterocycles. The molecule has 2 unspecified atom stereocenters. The van der Waals surface area contributed by atoms with Gasteiger partial charge in [-0.25, -0.2) is 0 Å². The van der Waals surface area contributed by atoms with Crippen LogP contribution in [0.2, 0.25) is 0 Å². The van der Waals surface area contributed by atoms with Gasteiger partial charge in [-0.05, 0) is 31.7 Å². The van der Waals surface area contributed by atoms with Crippen LogP contribution in [-0.4, -0.2) is 17.8 Å². The Kier molecular flexibility index (Phi) is 3.31. The number of aliphatic hydroxyl groups is 1. The summed E-state index contributed by atoms with van der Waals surface area (Å²) in [5.41, 5.74) is 8.37. The maximum Gasteiger partial charge on any atom is 0.0611 e. The van der Waals surface area contributed by atoms with E-state index in [1.165, 1.54) is 11.1 Å². The Balaban J connectivity index is 2.15. The Labute approximate surface area is 97.5 Å². The molecule has 2 heteroatoms. The molecule has 1 aromatic carbocycles. The highest BCUT2D eigenvalue weighted by molar-refractivity contribution is 5.23. The molecule has 1 fully saturated rings. The predicted octanol–water partition coefficient (Wildman–Crippen LogP) is 2.03. The number of benzene rings is 1. The Bertz CT molecular complexity index is 346. The van der Waals surface area contributed by atoms with E-state index in [4.69, 9.17) is 5.73 Å². The summed E-state index contributed by atoms with van der Waals surface area (Å²) in [6, 6.07) is 8.55. The van der Waals surface area contributed by atoms with Gasteiger partial charge in [-0.3, -0.25) is 0 Å². The molecule has 0 radical (unpaired) electrons. The zero-order valence-corrected chi connectivity index (χ0v) is 9.95. The third kappa shape index (κ3) is 2.13. The van der Waals surface area contributed by atoms with Crippen molar-refractivity contribution in [3.05, 3.63) is 35.4 Å². The van der Waals surface area contributed by atoms with E-state index in [9.17, 15) is 5.11 Å². The van der Waals surface area contributed by atoms with Gasteiger partial charge in [-0.1, -0.05) is 36.2 Å². The zero-order chi connectivity index (χ0) is 11.6. The number of nitrogens with two attached hydrogens (primary N) is 1. The minimum Gasteiger partial charge on any atom is -0.392 e. The maximum absolute atomic E-state index is 10.1. The fourth-order valence-corrected chi connectivity index (χ4v) is 2.75. The molecular formula is C14H21NO. The summed E-state index contributed by atoms with van der Waals surface area (Å²) >= 11 is 0. The summed E-state index contributed by atoms with van der Waals surface area (Å²) in [6.45, 7) is 2.68. The van der Waals surface area contributed by atoms with Gasteiger partial charge < -0.3 is 10.8 Å². The Morgan fingerprint density at radius 2 is 2.06 bits per heavy atom. The fraction of sp³-hybridized carbons (Fsp3) is 0.571. The molecular weight excluding hydrogens is 198 g/mol. The Morgan fingerprint density at radius 1 is 1.38 bits per heavy atom. The quantitative estimate of drug-likeness (QED) is 0.817. The fourth-order valence-electron chi connectivity index (χ4n) is 2.75. The number of rotatable bonds is 3. The highest BCUT2D eigenvalue weighted by atomic mass is 16.3. The summed E-state index contributed by atoms with van der Waals surface area (Å²) in [4.78, 5) is 0. The first-order valence-electron chi connectivity index (χ1n) is 6.10. The largest absolute Gasteiger partial charge is 0.392 e. The second-order valence-electron chi connectivity index (χ2n) is 5.14. The summed E-state index contributed by atoms with van der Waals surface area (Å²) in [7, 11) is 0. The lowest BCUT2D eigenvalue weighted by atomic mass is 9.78. The molecule has 1 aromatic rings. The van der Waals surface area contributed by atoms with E-state index in [0.29, 0.717) is 6.54 Å². The summed E-state index contributed by atoms with van der Waals surface area (Å²) in [5, 5.41) is 10.1. The van der Waals surface area contributed by atoms with E-state index >= 15 is 0 Å². The van der Waals surface area contributed by atoms with Crippen LogP contribution in [0.1, 0.15) is 30.4 Å². The van der Waals surface area contributed by atoms with Crippen LogP contribution >= 0.6 is 0 Å². The molecule has 0 bridgehead atoms. The van der Waals surface area contributed by atoms with Gasteiger partial charge in [0.2, 0.25) is 0 Å². The van der Waals surface area contributed by atoms with E-state index in [0.717, 1.165) is 25.7 Å². The smallest absolute Gasteiger partial charge is 0.0611 e. The van der Waals surface area contributed by atoms with E-state index in [1.54, 1.807) is 0 Å². The first kappa shape index (κ1) is 11.6.